The lowest BCUT2D eigenvalue weighted by atomic mass is 9.89. The largest absolute Gasteiger partial charge is 0.351 e. The number of ketones is 1. The molecule has 1 N–H and O–H groups in total. The number of allylic oxidation sites excluding steroid dienone is 2. The van der Waals surface area contributed by atoms with Gasteiger partial charge >= 0.3 is 0 Å². The third-order valence-electron chi connectivity index (χ3n) is 2.81. The molecule has 1 amide bonds. The topological polar surface area (TPSA) is 46.2 Å². The molecule has 0 saturated carbocycles. The summed E-state index contributed by atoms with van der Waals surface area (Å²) >= 11 is 0. The van der Waals surface area contributed by atoms with Crippen LogP contribution in [0.1, 0.15) is 52.9 Å². The standard InChI is InChI=1S/C14H23NO2/c1-14(2,3)15-13(17)10-11-8-6-4-5-7-9-12(11)16/h4-5,11H,6-10H2,1-3H3,(H,15,17)/b5-4+. The Labute approximate surface area is 104 Å². The van der Waals surface area contributed by atoms with Crippen LogP contribution < -0.4 is 5.32 Å². The van der Waals surface area contributed by atoms with Gasteiger partial charge in [-0.05, 0) is 40.0 Å². The van der Waals surface area contributed by atoms with Crippen molar-refractivity contribution in [3.63, 3.8) is 0 Å². The second-order valence-electron chi connectivity index (χ2n) is 5.75. The van der Waals surface area contributed by atoms with Gasteiger partial charge in [0.25, 0.3) is 0 Å². The Morgan fingerprint density at radius 2 is 2.00 bits per heavy atom. The van der Waals surface area contributed by atoms with Crippen LogP contribution in [-0.4, -0.2) is 17.2 Å². The van der Waals surface area contributed by atoms with E-state index >= 15 is 0 Å². The molecule has 1 aliphatic rings. The fourth-order valence-electron chi connectivity index (χ4n) is 2.03. The van der Waals surface area contributed by atoms with Crippen molar-refractivity contribution in [3.05, 3.63) is 12.2 Å². The minimum Gasteiger partial charge on any atom is -0.351 e. The highest BCUT2D eigenvalue weighted by Crippen LogP contribution is 2.19. The molecular weight excluding hydrogens is 214 g/mol. The van der Waals surface area contributed by atoms with Crippen molar-refractivity contribution in [2.75, 3.05) is 0 Å². The molecule has 0 aliphatic heterocycles. The van der Waals surface area contributed by atoms with Crippen LogP contribution in [0, 0.1) is 5.92 Å². The number of hydrogen-bond acceptors (Lipinski definition) is 2. The Hall–Kier alpha value is -1.12. The van der Waals surface area contributed by atoms with Gasteiger partial charge in [0.2, 0.25) is 5.91 Å². The van der Waals surface area contributed by atoms with E-state index in [4.69, 9.17) is 0 Å². The molecule has 0 spiro atoms. The van der Waals surface area contributed by atoms with E-state index in [0.717, 1.165) is 19.3 Å². The fraction of sp³-hybridized carbons (Fsp3) is 0.714. The second kappa shape index (κ2) is 5.99. The van der Waals surface area contributed by atoms with Crippen LogP contribution in [0.25, 0.3) is 0 Å². The maximum atomic E-state index is 11.9. The fourth-order valence-corrected chi connectivity index (χ4v) is 2.03. The van der Waals surface area contributed by atoms with Crippen LogP contribution in [0.15, 0.2) is 12.2 Å². The number of carbonyl (C=O) groups excluding carboxylic acids is 2. The summed E-state index contributed by atoms with van der Waals surface area (Å²) in [6.45, 7) is 5.86. The molecule has 0 radical (unpaired) electrons. The van der Waals surface area contributed by atoms with E-state index in [1.54, 1.807) is 0 Å². The quantitative estimate of drug-likeness (QED) is 0.750. The van der Waals surface area contributed by atoms with Gasteiger partial charge in [-0.2, -0.15) is 0 Å². The average molecular weight is 237 g/mol. The SMILES string of the molecule is CC(C)(C)NC(=O)CC1CC/C=C/CCC1=O. The molecule has 1 aliphatic carbocycles. The summed E-state index contributed by atoms with van der Waals surface area (Å²) < 4.78 is 0. The first kappa shape index (κ1) is 13.9. The van der Waals surface area contributed by atoms with Crippen LogP contribution in [0.5, 0.6) is 0 Å². The zero-order valence-corrected chi connectivity index (χ0v) is 11.1. The smallest absolute Gasteiger partial charge is 0.221 e. The average Bonchev–Trinajstić information content (AvgIpc) is 2.15. The highest BCUT2D eigenvalue weighted by atomic mass is 16.2. The molecule has 17 heavy (non-hydrogen) atoms. The van der Waals surface area contributed by atoms with E-state index in [9.17, 15) is 9.59 Å². The second-order valence-corrected chi connectivity index (χ2v) is 5.75. The van der Waals surface area contributed by atoms with Gasteiger partial charge in [0, 0.05) is 24.3 Å². The van der Waals surface area contributed by atoms with Crippen molar-refractivity contribution in [2.24, 2.45) is 5.92 Å². The van der Waals surface area contributed by atoms with Gasteiger partial charge in [-0.15, -0.1) is 0 Å². The maximum Gasteiger partial charge on any atom is 0.221 e. The third-order valence-corrected chi connectivity index (χ3v) is 2.81. The molecule has 3 heteroatoms. The number of rotatable bonds is 2. The molecule has 1 atom stereocenters. The molecule has 1 unspecified atom stereocenters. The monoisotopic (exact) mass is 237 g/mol. The third kappa shape index (κ3) is 5.66. The van der Waals surface area contributed by atoms with E-state index in [-0.39, 0.29) is 23.1 Å². The molecule has 0 saturated heterocycles. The van der Waals surface area contributed by atoms with Crippen molar-refractivity contribution in [2.45, 2.75) is 58.4 Å². The number of amides is 1. The molecule has 0 aromatic carbocycles. The molecule has 0 fully saturated rings. The van der Waals surface area contributed by atoms with Crippen LogP contribution in [-0.2, 0) is 9.59 Å². The molecule has 1 rings (SSSR count). The number of carbonyl (C=O) groups is 2. The zero-order chi connectivity index (χ0) is 12.9. The van der Waals surface area contributed by atoms with Gasteiger partial charge in [-0.25, -0.2) is 0 Å². The van der Waals surface area contributed by atoms with Crippen LogP contribution in [0.4, 0.5) is 0 Å². The summed E-state index contributed by atoms with van der Waals surface area (Å²) in [7, 11) is 0. The minimum absolute atomic E-state index is 0.0135. The van der Waals surface area contributed by atoms with E-state index < -0.39 is 0 Å². The lowest BCUT2D eigenvalue weighted by Gasteiger charge is -2.23. The first-order valence-electron chi connectivity index (χ1n) is 6.37. The summed E-state index contributed by atoms with van der Waals surface area (Å²) in [4.78, 5) is 23.6. The maximum absolute atomic E-state index is 11.9. The minimum atomic E-state index is -0.221. The first-order chi connectivity index (χ1) is 7.88. The zero-order valence-electron chi connectivity index (χ0n) is 11.1. The Balaban J connectivity index is 2.51. The molecule has 3 nitrogen and oxygen atoms in total. The predicted molar refractivity (Wildman–Crippen MR) is 68.6 cm³/mol. The normalized spacial score (nSPS) is 23.7. The lowest BCUT2D eigenvalue weighted by Crippen LogP contribution is -2.41. The Bertz CT molecular complexity index is 313. The van der Waals surface area contributed by atoms with Crippen LogP contribution in [0.2, 0.25) is 0 Å². The van der Waals surface area contributed by atoms with Crippen molar-refractivity contribution in [1.82, 2.24) is 5.32 Å². The van der Waals surface area contributed by atoms with Gasteiger partial charge in [-0.1, -0.05) is 12.2 Å². The van der Waals surface area contributed by atoms with Crippen molar-refractivity contribution in [1.29, 1.82) is 0 Å². The van der Waals surface area contributed by atoms with E-state index in [1.165, 1.54) is 0 Å². The number of hydrogen-bond donors (Lipinski definition) is 1. The van der Waals surface area contributed by atoms with Crippen LogP contribution >= 0.6 is 0 Å². The molecular formula is C14H23NO2. The molecule has 0 aromatic rings. The van der Waals surface area contributed by atoms with E-state index in [2.05, 4.69) is 17.5 Å². The predicted octanol–water partition coefficient (Wildman–Crippen LogP) is 2.61. The summed E-state index contributed by atoms with van der Waals surface area (Å²) in [6, 6.07) is 0. The lowest BCUT2D eigenvalue weighted by molar-refractivity contribution is -0.130. The van der Waals surface area contributed by atoms with E-state index in [1.807, 2.05) is 20.8 Å². The molecule has 0 aromatic heterocycles. The molecule has 0 heterocycles. The van der Waals surface area contributed by atoms with Crippen molar-refractivity contribution in [3.8, 4) is 0 Å². The van der Waals surface area contributed by atoms with E-state index in [0.29, 0.717) is 12.8 Å². The Kier molecular flexibility index (Phi) is 4.91. The Morgan fingerprint density at radius 1 is 1.35 bits per heavy atom. The Morgan fingerprint density at radius 3 is 2.65 bits per heavy atom. The highest BCUT2D eigenvalue weighted by molar-refractivity contribution is 5.87. The van der Waals surface area contributed by atoms with Gasteiger partial charge in [0.15, 0.2) is 0 Å². The van der Waals surface area contributed by atoms with Crippen LogP contribution in [0.3, 0.4) is 0 Å². The number of nitrogens with one attached hydrogen (secondary N) is 1. The van der Waals surface area contributed by atoms with Crippen molar-refractivity contribution >= 4 is 11.7 Å². The van der Waals surface area contributed by atoms with Gasteiger partial charge in [0.05, 0.1) is 0 Å². The van der Waals surface area contributed by atoms with Gasteiger partial charge in [-0.3, -0.25) is 9.59 Å². The van der Waals surface area contributed by atoms with Gasteiger partial charge in [0.1, 0.15) is 5.78 Å². The summed E-state index contributed by atoms with van der Waals surface area (Å²) in [5, 5.41) is 2.91. The highest BCUT2D eigenvalue weighted by Gasteiger charge is 2.23. The van der Waals surface area contributed by atoms with Gasteiger partial charge < -0.3 is 5.32 Å². The molecule has 0 bridgehead atoms. The number of Topliss-reactive ketones (excluding diaryl/α,β-unsaturated/α-hetero) is 1. The summed E-state index contributed by atoms with van der Waals surface area (Å²) in [6.07, 6.45) is 7.60. The first-order valence-corrected chi connectivity index (χ1v) is 6.37. The summed E-state index contributed by atoms with van der Waals surface area (Å²) in [5.74, 6) is 0.126. The molecule has 96 valence electrons. The van der Waals surface area contributed by atoms with Crippen molar-refractivity contribution < 1.29 is 9.59 Å². The summed E-state index contributed by atoms with van der Waals surface area (Å²) in [5.41, 5.74) is -0.221.